The van der Waals surface area contributed by atoms with E-state index in [0.29, 0.717) is 41.8 Å². The Bertz CT molecular complexity index is 778. The van der Waals surface area contributed by atoms with Crippen molar-refractivity contribution < 1.29 is 9.53 Å². The summed E-state index contributed by atoms with van der Waals surface area (Å²) in [6, 6.07) is 9.90. The Morgan fingerprint density at radius 1 is 1.32 bits per heavy atom. The van der Waals surface area contributed by atoms with Gasteiger partial charge in [0.15, 0.2) is 11.0 Å². The topological polar surface area (TPSA) is 69.0 Å². The first-order chi connectivity index (χ1) is 13.7. The maximum Gasteiger partial charge on any atom is 0.230 e. The lowest BCUT2D eigenvalue weighted by atomic mass is 9.86. The molecule has 150 valence electrons. The van der Waals surface area contributed by atoms with Crippen LogP contribution >= 0.6 is 11.8 Å². The molecular formula is C21H28N4O2S. The van der Waals surface area contributed by atoms with Gasteiger partial charge >= 0.3 is 0 Å². The monoisotopic (exact) mass is 400 g/mol. The molecular weight excluding hydrogens is 372 g/mol. The molecule has 1 fully saturated rings. The van der Waals surface area contributed by atoms with Crippen LogP contribution in [0.4, 0.5) is 0 Å². The van der Waals surface area contributed by atoms with Gasteiger partial charge in [0.2, 0.25) is 5.91 Å². The van der Waals surface area contributed by atoms with Gasteiger partial charge in [-0.2, -0.15) is 0 Å². The highest BCUT2D eigenvalue weighted by molar-refractivity contribution is 7.99. The van der Waals surface area contributed by atoms with E-state index >= 15 is 0 Å². The Kier molecular flexibility index (Phi) is 7.54. The molecule has 0 bridgehead atoms. The van der Waals surface area contributed by atoms with Gasteiger partial charge in [0.1, 0.15) is 12.4 Å². The molecule has 1 aromatic carbocycles. The van der Waals surface area contributed by atoms with Crippen molar-refractivity contribution in [1.29, 1.82) is 0 Å². The van der Waals surface area contributed by atoms with E-state index in [0.717, 1.165) is 12.2 Å². The predicted octanol–water partition coefficient (Wildman–Crippen LogP) is 3.83. The van der Waals surface area contributed by atoms with Crippen molar-refractivity contribution in [2.24, 2.45) is 5.92 Å². The number of thioether (sulfide) groups is 1. The lowest BCUT2D eigenvalue weighted by molar-refractivity contribution is -0.119. The largest absolute Gasteiger partial charge is 0.486 e. The SMILES string of the molecule is C=CCn1c(COc2ccccc2)nnc1SCC(=O)N[C@@H]1CCCC[C@@H]1C. The molecule has 28 heavy (non-hydrogen) atoms. The van der Waals surface area contributed by atoms with Gasteiger partial charge in [0.05, 0.1) is 5.75 Å². The molecule has 1 aliphatic carbocycles. The molecule has 2 atom stereocenters. The fraction of sp³-hybridized carbons (Fsp3) is 0.476. The van der Waals surface area contributed by atoms with Crippen LogP contribution in [0.25, 0.3) is 0 Å². The van der Waals surface area contributed by atoms with Gasteiger partial charge in [-0.05, 0) is 30.9 Å². The third kappa shape index (κ3) is 5.61. The molecule has 6 nitrogen and oxygen atoms in total. The van der Waals surface area contributed by atoms with Gasteiger partial charge in [-0.3, -0.25) is 9.36 Å². The quantitative estimate of drug-likeness (QED) is 0.512. The van der Waals surface area contributed by atoms with E-state index in [1.165, 1.54) is 31.0 Å². The normalized spacial score (nSPS) is 19.2. The second-order valence-electron chi connectivity index (χ2n) is 7.12. The van der Waals surface area contributed by atoms with E-state index < -0.39 is 0 Å². The molecule has 0 unspecified atom stereocenters. The van der Waals surface area contributed by atoms with Gasteiger partial charge in [-0.25, -0.2) is 0 Å². The fourth-order valence-electron chi connectivity index (χ4n) is 3.42. The van der Waals surface area contributed by atoms with E-state index in [2.05, 4.69) is 29.0 Å². The maximum atomic E-state index is 12.4. The smallest absolute Gasteiger partial charge is 0.230 e. The van der Waals surface area contributed by atoms with Crippen molar-refractivity contribution in [2.75, 3.05) is 5.75 Å². The number of carbonyl (C=O) groups excluding carboxylic acids is 1. The molecule has 7 heteroatoms. The van der Waals surface area contributed by atoms with Crippen LogP contribution in [-0.4, -0.2) is 32.5 Å². The van der Waals surface area contributed by atoms with E-state index in [1.807, 2.05) is 34.9 Å². The van der Waals surface area contributed by atoms with Gasteiger partial charge in [0.25, 0.3) is 0 Å². The highest BCUT2D eigenvalue weighted by Gasteiger charge is 2.23. The van der Waals surface area contributed by atoms with Crippen molar-refractivity contribution in [1.82, 2.24) is 20.1 Å². The van der Waals surface area contributed by atoms with E-state index in [-0.39, 0.29) is 5.91 Å². The van der Waals surface area contributed by atoms with Gasteiger partial charge in [0, 0.05) is 12.6 Å². The van der Waals surface area contributed by atoms with Crippen molar-refractivity contribution in [2.45, 2.75) is 57.0 Å². The van der Waals surface area contributed by atoms with Crippen LogP contribution in [0.5, 0.6) is 5.75 Å². The first-order valence-corrected chi connectivity index (χ1v) is 10.8. The second-order valence-corrected chi connectivity index (χ2v) is 8.07. The number of nitrogens with zero attached hydrogens (tertiary/aromatic N) is 3. The van der Waals surface area contributed by atoms with Crippen LogP contribution in [-0.2, 0) is 17.9 Å². The predicted molar refractivity (Wildman–Crippen MR) is 111 cm³/mol. The van der Waals surface area contributed by atoms with Crippen LogP contribution in [0.2, 0.25) is 0 Å². The molecule has 0 saturated heterocycles. The van der Waals surface area contributed by atoms with Crippen molar-refractivity contribution in [3.05, 3.63) is 48.8 Å². The zero-order chi connectivity index (χ0) is 19.8. The summed E-state index contributed by atoms with van der Waals surface area (Å²) in [5, 5.41) is 12.4. The number of hydrogen-bond acceptors (Lipinski definition) is 5. The summed E-state index contributed by atoms with van der Waals surface area (Å²) < 4.78 is 7.73. The minimum atomic E-state index is 0.0546. The summed E-state index contributed by atoms with van der Waals surface area (Å²) >= 11 is 1.40. The molecule has 1 amide bonds. The van der Waals surface area contributed by atoms with E-state index in [4.69, 9.17) is 4.74 Å². The molecule has 1 N–H and O–H groups in total. The Labute approximate surface area is 170 Å². The lowest BCUT2D eigenvalue weighted by Crippen LogP contribution is -2.41. The molecule has 3 rings (SSSR count). The highest BCUT2D eigenvalue weighted by Crippen LogP contribution is 2.24. The molecule has 1 saturated carbocycles. The van der Waals surface area contributed by atoms with Gasteiger partial charge in [-0.1, -0.05) is 55.8 Å². The second kappa shape index (κ2) is 10.3. The summed E-state index contributed by atoms with van der Waals surface area (Å²) in [6.07, 6.45) is 6.52. The standard InChI is InChI=1S/C21H28N4O2S/c1-3-13-25-19(14-27-17-10-5-4-6-11-17)23-24-21(25)28-15-20(26)22-18-12-8-7-9-16(18)2/h3-6,10-11,16,18H,1,7-9,12-15H2,2H3,(H,22,26)/t16-,18+/m0/s1. The van der Waals surface area contributed by atoms with Crippen LogP contribution in [0.1, 0.15) is 38.4 Å². The number of benzene rings is 1. The Morgan fingerprint density at radius 2 is 2.11 bits per heavy atom. The number of rotatable bonds is 9. The number of ether oxygens (including phenoxy) is 1. The molecule has 1 heterocycles. The van der Waals surface area contributed by atoms with Gasteiger partial charge < -0.3 is 10.1 Å². The minimum Gasteiger partial charge on any atom is -0.486 e. The van der Waals surface area contributed by atoms with Crippen molar-refractivity contribution in [3.63, 3.8) is 0 Å². The van der Waals surface area contributed by atoms with Crippen molar-refractivity contribution in [3.8, 4) is 5.75 Å². The van der Waals surface area contributed by atoms with E-state index in [9.17, 15) is 4.79 Å². The number of hydrogen-bond donors (Lipinski definition) is 1. The number of allylic oxidation sites excluding steroid dienone is 1. The summed E-state index contributed by atoms with van der Waals surface area (Å²) in [6.45, 7) is 6.92. The number of nitrogens with one attached hydrogen (secondary N) is 1. The first kappa shape index (κ1) is 20.5. The molecule has 1 aliphatic rings. The summed E-state index contributed by atoms with van der Waals surface area (Å²) in [5.74, 6) is 2.43. The molecule has 0 radical (unpaired) electrons. The van der Waals surface area contributed by atoms with E-state index in [1.54, 1.807) is 6.08 Å². The number of aromatic nitrogens is 3. The van der Waals surface area contributed by atoms with Gasteiger partial charge in [-0.15, -0.1) is 16.8 Å². The lowest BCUT2D eigenvalue weighted by Gasteiger charge is -2.29. The van der Waals surface area contributed by atoms with Crippen LogP contribution in [0.3, 0.4) is 0 Å². The number of amides is 1. The molecule has 0 aliphatic heterocycles. The highest BCUT2D eigenvalue weighted by atomic mass is 32.2. The van der Waals surface area contributed by atoms with Crippen LogP contribution in [0.15, 0.2) is 48.1 Å². The molecule has 2 aromatic rings. The van der Waals surface area contributed by atoms with Crippen LogP contribution in [0, 0.1) is 5.92 Å². The average Bonchev–Trinajstić information content (AvgIpc) is 3.09. The summed E-state index contributed by atoms with van der Waals surface area (Å²) in [4.78, 5) is 12.4. The average molecular weight is 401 g/mol. The van der Waals surface area contributed by atoms with Crippen LogP contribution < -0.4 is 10.1 Å². The summed E-state index contributed by atoms with van der Waals surface area (Å²) in [7, 11) is 0. The zero-order valence-corrected chi connectivity index (χ0v) is 17.2. The Morgan fingerprint density at radius 3 is 2.86 bits per heavy atom. The maximum absolute atomic E-state index is 12.4. The number of para-hydroxylation sites is 1. The van der Waals surface area contributed by atoms with Crippen molar-refractivity contribution >= 4 is 17.7 Å². The Hall–Kier alpha value is -2.28. The summed E-state index contributed by atoms with van der Waals surface area (Å²) in [5.41, 5.74) is 0. The third-order valence-corrected chi connectivity index (χ3v) is 5.97. The minimum absolute atomic E-state index is 0.0546. The molecule has 0 spiro atoms. The third-order valence-electron chi connectivity index (χ3n) is 5.01. The fourth-order valence-corrected chi connectivity index (χ4v) is 4.20. The number of carbonyl (C=O) groups is 1. The molecule has 1 aromatic heterocycles. The Balaban J connectivity index is 1.56. The first-order valence-electron chi connectivity index (χ1n) is 9.80. The zero-order valence-electron chi connectivity index (χ0n) is 16.3.